The smallest absolute Gasteiger partial charge is 0.316 e. The van der Waals surface area contributed by atoms with Gasteiger partial charge in [0.05, 0.1) is 12.1 Å². The molecule has 10 nitrogen and oxygen atoms in total. The molecule has 4 rings (SSSR count). The maximum absolute atomic E-state index is 12.9. The topological polar surface area (TPSA) is 115 Å². The van der Waals surface area contributed by atoms with E-state index < -0.39 is 0 Å². The largest absolute Gasteiger partial charge is 0.383 e. The number of nitrogens with zero attached hydrogens (tertiary/aromatic N) is 5. The second-order valence-electron chi connectivity index (χ2n) is 9.17. The number of carbonyl (C=O) groups is 2. The third kappa shape index (κ3) is 7.20. The van der Waals surface area contributed by atoms with Gasteiger partial charge in [0.25, 0.3) is 5.91 Å². The van der Waals surface area contributed by atoms with Crippen molar-refractivity contribution in [2.24, 2.45) is 5.92 Å². The maximum atomic E-state index is 12.9. The Balaban J connectivity index is 0.00000205. The summed E-state index contributed by atoms with van der Waals surface area (Å²) in [7, 11) is 1.61. The zero-order chi connectivity index (χ0) is 28.4. The van der Waals surface area contributed by atoms with E-state index in [0.29, 0.717) is 43.5 Å². The Morgan fingerprint density at radius 3 is 2.62 bits per heavy atom. The Morgan fingerprint density at radius 2 is 1.95 bits per heavy atom. The lowest BCUT2D eigenvalue weighted by Gasteiger charge is -2.30. The van der Waals surface area contributed by atoms with E-state index in [1.165, 1.54) is 0 Å². The number of hydrogen-bond acceptors (Lipinski definition) is 7. The molecule has 0 unspecified atom stereocenters. The number of likely N-dealkylation sites (tertiary alicyclic amines) is 1. The van der Waals surface area contributed by atoms with Crippen LogP contribution in [0.4, 0.5) is 0 Å². The van der Waals surface area contributed by atoms with Crippen LogP contribution in [-0.2, 0) is 11.3 Å². The summed E-state index contributed by atoms with van der Waals surface area (Å²) in [4.78, 5) is 31.5. The minimum Gasteiger partial charge on any atom is -0.383 e. The van der Waals surface area contributed by atoms with E-state index in [-0.39, 0.29) is 17.7 Å². The first-order chi connectivity index (χ1) is 18.9. The van der Waals surface area contributed by atoms with Crippen LogP contribution in [0.15, 0.2) is 41.1 Å². The molecular weight excluding hydrogens is 496 g/mol. The molecule has 1 saturated heterocycles. The van der Waals surface area contributed by atoms with Gasteiger partial charge in [-0.3, -0.25) is 14.3 Å². The molecule has 0 radical (unpaired) electrons. The van der Waals surface area contributed by atoms with E-state index in [0.717, 1.165) is 41.4 Å². The van der Waals surface area contributed by atoms with Gasteiger partial charge in [-0.2, -0.15) is 10.1 Å². The summed E-state index contributed by atoms with van der Waals surface area (Å²) in [6.07, 6.45) is 9.37. The average Bonchev–Trinajstić information content (AvgIpc) is 3.61. The quantitative estimate of drug-likeness (QED) is 0.312. The van der Waals surface area contributed by atoms with Crippen LogP contribution in [0.2, 0.25) is 0 Å². The van der Waals surface area contributed by atoms with Crippen LogP contribution in [0.5, 0.6) is 0 Å². The Labute approximate surface area is 230 Å². The SMILES string of the molecule is C/C=C\C(=C/C)c1noc(C(=O)N2CCC(Cn3cc4c(C)c(C(=O)NCCOC)ccc4n3)CC2)n1.CC. The number of amides is 2. The van der Waals surface area contributed by atoms with Gasteiger partial charge < -0.3 is 19.5 Å². The molecule has 1 aliphatic rings. The number of carbonyl (C=O) groups excluding carboxylic acids is 2. The van der Waals surface area contributed by atoms with Gasteiger partial charge in [0, 0.05) is 56.0 Å². The predicted octanol–water partition coefficient (Wildman–Crippen LogP) is 4.66. The van der Waals surface area contributed by atoms with Gasteiger partial charge in [-0.15, -0.1) is 0 Å². The van der Waals surface area contributed by atoms with Crippen molar-refractivity contribution in [2.75, 3.05) is 33.4 Å². The van der Waals surface area contributed by atoms with Crippen molar-refractivity contribution in [3.63, 3.8) is 0 Å². The number of fused-ring (bicyclic) bond motifs is 1. The number of rotatable bonds is 9. The van der Waals surface area contributed by atoms with Crippen LogP contribution < -0.4 is 5.32 Å². The Hall–Kier alpha value is -3.79. The van der Waals surface area contributed by atoms with Gasteiger partial charge in [0.15, 0.2) is 0 Å². The second kappa shape index (κ2) is 14.4. The van der Waals surface area contributed by atoms with Gasteiger partial charge in [-0.05, 0) is 57.2 Å². The second-order valence-corrected chi connectivity index (χ2v) is 9.17. The molecule has 3 heterocycles. The molecule has 0 spiro atoms. The summed E-state index contributed by atoms with van der Waals surface area (Å²) in [5.74, 6) is 0.477. The van der Waals surface area contributed by atoms with Gasteiger partial charge >= 0.3 is 11.8 Å². The Bertz CT molecular complexity index is 1310. The third-order valence-electron chi connectivity index (χ3n) is 6.71. The van der Waals surface area contributed by atoms with Gasteiger partial charge in [-0.1, -0.05) is 37.2 Å². The number of hydrogen-bond donors (Lipinski definition) is 1. The molecule has 1 N–H and O–H groups in total. The number of aryl methyl sites for hydroxylation is 1. The molecule has 39 heavy (non-hydrogen) atoms. The van der Waals surface area contributed by atoms with Crippen molar-refractivity contribution >= 4 is 28.3 Å². The van der Waals surface area contributed by atoms with E-state index in [1.54, 1.807) is 12.0 Å². The molecule has 0 saturated carbocycles. The zero-order valence-corrected chi connectivity index (χ0v) is 23.9. The molecule has 1 aliphatic heterocycles. The highest BCUT2D eigenvalue weighted by molar-refractivity contribution is 6.00. The Kier molecular flexibility index (Phi) is 11.0. The summed E-state index contributed by atoms with van der Waals surface area (Å²) < 4.78 is 12.2. The number of allylic oxidation sites excluding steroid dienone is 4. The standard InChI is InChI=1S/C27H34N6O4.C2H6/c1-5-7-20(6-2)24-29-26(37-31-24)27(35)32-13-10-19(11-14-32)16-33-17-22-18(3)21(8-9-23(22)30-33)25(34)28-12-15-36-4;1-2/h5-9,17,19H,10-16H2,1-4H3,(H,28,34);1-2H3/b7-5-,20-6+;. The van der Waals surface area contributed by atoms with E-state index >= 15 is 0 Å². The summed E-state index contributed by atoms with van der Waals surface area (Å²) in [6, 6.07) is 3.71. The van der Waals surface area contributed by atoms with E-state index in [2.05, 4.69) is 15.5 Å². The number of methoxy groups -OCH3 is 1. The van der Waals surface area contributed by atoms with Crippen molar-refractivity contribution in [3.8, 4) is 0 Å². The minimum absolute atomic E-state index is 0.0214. The van der Waals surface area contributed by atoms with Gasteiger partial charge in [0.1, 0.15) is 0 Å². The Morgan fingerprint density at radius 1 is 1.21 bits per heavy atom. The number of nitrogens with one attached hydrogen (secondary N) is 1. The summed E-state index contributed by atoms with van der Waals surface area (Å²) in [5.41, 5.74) is 3.23. The van der Waals surface area contributed by atoms with Crippen molar-refractivity contribution in [2.45, 2.75) is 54.0 Å². The number of aromatic nitrogens is 4. The van der Waals surface area contributed by atoms with Crippen LogP contribution in [-0.4, -0.2) is 70.0 Å². The highest BCUT2D eigenvalue weighted by atomic mass is 16.5. The molecule has 1 aromatic carbocycles. The fraction of sp³-hybridized carbons (Fsp3) is 0.483. The number of piperidine rings is 1. The van der Waals surface area contributed by atoms with E-state index in [9.17, 15) is 9.59 Å². The molecule has 0 aliphatic carbocycles. The molecule has 0 atom stereocenters. The number of benzene rings is 1. The lowest BCUT2D eigenvalue weighted by Crippen LogP contribution is -2.39. The number of ether oxygens (including phenoxy) is 1. The van der Waals surface area contributed by atoms with Crippen molar-refractivity contribution in [3.05, 3.63) is 59.4 Å². The van der Waals surface area contributed by atoms with Crippen LogP contribution >= 0.6 is 0 Å². The molecular formula is C29H40N6O4. The van der Waals surface area contributed by atoms with Gasteiger partial charge in [-0.25, -0.2) is 0 Å². The van der Waals surface area contributed by atoms with Crippen LogP contribution in [0.3, 0.4) is 0 Å². The van der Waals surface area contributed by atoms with Crippen LogP contribution in [0, 0.1) is 12.8 Å². The summed E-state index contributed by atoms with van der Waals surface area (Å²) in [5, 5.41) is 12.5. The molecule has 2 aromatic heterocycles. The lowest BCUT2D eigenvalue weighted by molar-refractivity contribution is 0.0631. The monoisotopic (exact) mass is 536 g/mol. The highest BCUT2D eigenvalue weighted by Crippen LogP contribution is 2.25. The van der Waals surface area contributed by atoms with Crippen molar-refractivity contribution in [1.29, 1.82) is 0 Å². The van der Waals surface area contributed by atoms with E-state index in [1.807, 2.05) is 75.9 Å². The summed E-state index contributed by atoms with van der Waals surface area (Å²) in [6.45, 7) is 12.7. The van der Waals surface area contributed by atoms with Crippen LogP contribution in [0.25, 0.3) is 16.5 Å². The first-order valence-electron chi connectivity index (χ1n) is 13.6. The van der Waals surface area contributed by atoms with Crippen molar-refractivity contribution < 1.29 is 18.8 Å². The normalized spacial score (nSPS) is 14.5. The first kappa shape index (κ1) is 29.8. The minimum atomic E-state index is -0.232. The van der Waals surface area contributed by atoms with Crippen molar-refractivity contribution in [1.82, 2.24) is 30.1 Å². The lowest BCUT2D eigenvalue weighted by atomic mass is 9.97. The average molecular weight is 537 g/mol. The molecule has 1 fully saturated rings. The fourth-order valence-electron chi connectivity index (χ4n) is 4.61. The molecule has 2 amide bonds. The fourth-order valence-corrected chi connectivity index (χ4v) is 4.61. The van der Waals surface area contributed by atoms with E-state index in [4.69, 9.17) is 14.4 Å². The molecule has 210 valence electrons. The summed E-state index contributed by atoms with van der Waals surface area (Å²) >= 11 is 0. The third-order valence-corrected chi connectivity index (χ3v) is 6.71. The molecule has 0 bridgehead atoms. The molecule has 10 heteroatoms. The zero-order valence-electron chi connectivity index (χ0n) is 23.9. The van der Waals surface area contributed by atoms with Gasteiger partial charge in [0.2, 0.25) is 5.82 Å². The highest BCUT2D eigenvalue weighted by Gasteiger charge is 2.28. The molecule has 3 aromatic rings. The predicted molar refractivity (Wildman–Crippen MR) is 151 cm³/mol. The van der Waals surface area contributed by atoms with Crippen LogP contribution in [0.1, 0.15) is 73.0 Å². The maximum Gasteiger partial charge on any atom is 0.316 e. The first-order valence-corrected chi connectivity index (χ1v) is 13.6.